The molecule has 2 heterocycles. The molecule has 0 spiro atoms. The van der Waals surface area contributed by atoms with Gasteiger partial charge in [0.25, 0.3) is 0 Å². The number of nitrogens with zero attached hydrogens (tertiary/aromatic N) is 1. The molecule has 2 atom stereocenters. The Balaban J connectivity index is 1.89. The van der Waals surface area contributed by atoms with E-state index >= 15 is 0 Å². The summed E-state index contributed by atoms with van der Waals surface area (Å²) in [5.74, 6) is 0.356. The maximum absolute atomic E-state index is 12.7. The van der Waals surface area contributed by atoms with Crippen molar-refractivity contribution in [3.8, 4) is 5.75 Å². The predicted octanol–water partition coefficient (Wildman–Crippen LogP) is -0.303. The number of hydrogen-bond acceptors (Lipinski definition) is 6. The number of anilines is 1. The van der Waals surface area contributed by atoms with Gasteiger partial charge in [-0.1, -0.05) is 0 Å². The highest BCUT2D eigenvalue weighted by atomic mass is 32.2. The van der Waals surface area contributed by atoms with E-state index in [0.717, 1.165) is 0 Å². The zero-order chi connectivity index (χ0) is 17.3. The van der Waals surface area contributed by atoms with E-state index in [1.807, 2.05) is 0 Å². The van der Waals surface area contributed by atoms with Crippen molar-refractivity contribution in [3.63, 3.8) is 0 Å². The first-order valence-corrected chi connectivity index (χ1v) is 9.21. The summed E-state index contributed by atoms with van der Waals surface area (Å²) < 4.78 is 38.8. The van der Waals surface area contributed by atoms with Crippen molar-refractivity contribution < 1.29 is 22.7 Å². The maximum atomic E-state index is 12.7. The van der Waals surface area contributed by atoms with E-state index in [1.165, 1.54) is 24.0 Å². The molecular formula is C15H21N3O5S. The third-order valence-corrected chi connectivity index (χ3v) is 5.74. The summed E-state index contributed by atoms with van der Waals surface area (Å²) in [5, 5.41) is 3.09. The fourth-order valence-corrected chi connectivity index (χ4v) is 4.26. The molecule has 1 aromatic rings. The standard InChI is InChI=1S/C15H21N3O5S/c1-10(19)18-5-6-23-14-4-3-11(7-13(14)18)24(20,21)17-12-8-16-9-15(12)22-2/h3-4,7,12,15-17H,5-6,8-9H2,1-2H3/t12-,15-/m0/s1. The van der Waals surface area contributed by atoms with Crippen LogP contribution in [0.15, 0.2) is 23.1 Å². The summed E-state index contributed by atoms with van der Waals surface area (Å²) in [6.07, 6.45) is -0.213. The maximum Gasteiger partial charge on any atom is 0.241 e. The van der Waals surface area contributed by atoms with Crippen LogP contribution in [0.3, 0.4) is 0 Å². The number of rotatable bonds is 4. The van der Waals surface area contributed by atoms with Crippen molar-refractivity contribution in [2.75, 3.05) is 38.3 Å². The molecule has 0 aliphatic carbocycles. The molecule has 1 amide bonds. The van der Waals surface area contributed by atoms with Crippen LogP contribution in [0, 0.1) is 0 Å². The van der Waals surface area contributed by atoms with Crippen LogP contribution < -0.4 is 19.7 Å². The van der Waals surface area contributed by atoms with Gasteiger partial charge in [0.05, 0.1) is 29.3 Å². The summed E-state index contributed by atoms with van der Waals surface area (Å²) in [7, 11) is -2.18. The molecule has 24 heavy (non-hydrogen) atoms. The summed E-state index contributed by atoms with van der Waals surface area (Å²) in [6, 6.07) is 4.20. The van der Waals surface area contributed by atoms with Crippen LogP contribution in [-0.4, -0.2) is 59.8 Å². The Hall–Kier alpha value is -1.68. The number of carbonyl (C=O) groups excluding carboxylic acids is 1. The Morgan fingerprint density at radius 3 is 2.92 bits per heavy atom. The third kappa shape index (κ3) is 3.25. The molecule has 0 aromatic heterocycles. The summed E-state index contributed by atoms with van der Waals surface area (Å²) in [4.78, 5) is 13.4. The zero-order valence-electron chi connectivity index (χ0n) is 13.6. The Morgan fingerprint density at radius 1 is 1.42 bits per heavy atom. The van der Waals surface area contributed by atoms with Gasteiger partial charge in [-0.2, -0.15) is 0 Å². The van der Waals surface area contributed by atoms with Gasteiger partial charge in [0.15, 0.2) is 0 Å². The van der Waals surface area contributed by atoms with Gasteiger partial charge in [-0.3, -0.25) is 4.79 Å². The summed E-state index contributed by atoms with van der Waals surface area (Å²) >= 11 is 0. The lowest BCUT2D eigenvalue weighted by Gasteiger charge is -2.29. The minimum atomic E-state index is -3.73. The van der Waals surface area contributed by atoms with E-state index in [9.17, 15) is 13.2 Å². The van der Waals surface area contributed by atoms with Crippen LogP contribution in [-0.2, 0) is 19.6 Å². The summed E-state index contributed by atoms with van der Waals surface area (Å²) in [6.45, 7) is 3.34. The fraction of sp³-hybridized carbons (Fsp3) is 0.533. The number of sulfonamides is 1. The second kappa shape index (κ2) is 6.67. The van der Waals surface area contributed by atoms with Gasteiger partial charge < -0.3 is 19.7 Å². The number of ether oxygens (including phenoxy) is 2. The largest absolute Gasteiger partial charge is 0.490 e. The van der Waals surface area contributed by atoms with Gasteiger partial charge in [-0.15, -0.1) is 0 Å². The van der Waals surface area contributed by atoms with E-state index in [2.05, 4.69) is 10.0 Å². The molecule has 0 saturated carbocycles. The highest BCUT2D eigenvalue weighted by Gasteiger charge is 2.32. The topological polar surface area (TPSA) is 97.0 Å². The number of carbonyl (C=O) groups is 1. The van der Waals surface area contributed by atoms with Gasteiger partial charge in [0.1, 0.15) is 12.4 Å². The molecule has 2 aliphatic rings. The zero-order valence-corrected chi connectivity index (χ0v) is 14.4. The number of benzene rings is 1. The Labute approximate surface area is 141 Å². The average molecular weight is 355 g/mol. The van der Waals surface area contributed by atoms with Crippen molar-refractivity contribution in [1.29, 1.82) is 0 Å². The molecule has 132 valence electrons. The minimum Gasteiger partial charge on any atom is -0.490 e. The van der Waals surface area contributed by atoms with Gasteiger partial charge >= 0.3 is 0 Å². The van der Waals surface area contributed by atoms with Crippen molar-refractivity contribution in [1.82, 2.24) is 10.0 Å². The first kappa shape index (κ1) is 17.2. The number of fused-ring (bicyclic) bond motifs is 1. The Bertz CT molecular complexity index is 737. The monoisotopic (exact) mass is 355 g/mol. The van der Waals surface area contributed by atoms with E-state index < -0.39 is 10.0 Å². The minimum absolute atomic E-state index is 0.0970. The quantitative estimate of drug-likeness (QED) is 0.770. The SMILES string of the molecule is CO[C@H]1CNC[C@@H]1NS(=O)(=O)c1ccc2c(c1)N(C(C)=O)CCO2. The first-order valence-electron chi connectivity index (χ1n) is 7.73. The van der Waals surface area contributed by atoms with Crippen LogP contribution >= 0.6 is 0 Å². The lowest BCUT2D eigenvalue weighted by atomic mass is 10.2. The molecule has 2 N–H and O–H groups in total. The molecule has 3 rings (SSSR count). The van der Waals surface area contributed by atoms with Crippen LogP contribution in [0.5, 0.6) is 5.75 Å². The second-order valence-electron chi connectivity index (χ2n) is 5.81. The smallest absolute Gasteiger partial charge is 0.241 e. The van der Waals surface area contributed by atoms with Gasteiger partial charge in [0, 0.05) is 27.1 Å². The Kier molecular flexibility index (Phi) is 4.77. The van der Waals surface area contributed by atoms with E-state index in [1.54, 1.807) is 13.2 Å². The van der Waals surface area contributed by atoms with E-state index in [0.29, 0.717) is 37.7 Å². The van der Waals surface area contributed by atoms with Gasteiger partial charge in [-0.05, 0) is 18.2 Å². The molecule has 1 saturated heterocycles. The normalized spacial score (nSPS) is 23.7. The Morgan fingerprint density at radius 2 is 2.21 bits per heavy atom. The number of amides is 1. The highest BCUT2D eigenvalue weighted by molar-refractivity contribution is 7.89. The average Bonchev–Trinajstić information content (AvgIpc) is 3.00. The number of methoxy groups -OCH3 is 1. The number of hydrogen-bond donors (Lipinski definition) is 2. The van der Waals surface area contributed by atoms with Crippen molar-refractivity contribution >= 4 is 21.6 Å². The highest BCUT2D eigenvalue weighted by Crippen LogP contribution is 2.33. The summed E-state index contributed by atoms with van der Waals surface area (Å²) in [5.41, 5.74) is 0.476. The molecule has 1 fully saturated rings. The molecule has 1 aromatic carbocycles. The number of nitrogens with one attached hydrogen (secondary N) is 2. The van der Waals surface area contributed by atoms with Crippen LogP contribution in [0.25, 0.3) is 0 Å². The van der Waals surface area contributed by atoms with E-state index in [-0.39, 0.29) is 22.9 Å². The molecule has 9 heteroatoms. The lowest BCUT2D eigenvalue weighted by molar-refractivity contribution is -0.116. The van der Waals surface area contributed by atoms with Crippen LogP contribution in [0.2, 0.25) is 0 Å². The van der Waals surface area contributed by atoms with Gasteiger partial charge in [-0.25, -0.2) is 13.1 Å². The molecule has 2 aliphatic heterocycles. The predicted molar refractivity (Wildman–Crippen MR) is 87.7 cm³/mol. The van der Waals surface area contributed by atoms with Crippen molar-refractivity contribution in [3.05, 3.63) is 18.2 Å². The second-order valence-corrected chi connectivity index (χ2v) is 7.52. The molecular weight excluding hydrogens is 334 g/mol. The molecule has 0 radical (unpaired) electrons. The molecule has 0 bridgehead atoms. The third-order valence-electron chi connectivity index (χ3n) is 4.25. The van der Waals surface area contributed by atoms with Gasteiger partial charge in [0.2, 0.25) is 15.9 Å². The van der Waals surface area contributed by atoms with Crippen molar-refractivity contribution in [2.45, 2.75) is 24.0 Å². The van der Waals surface area contributed by atoms with Crippen LogP contribution in [0.1, 0.15) is 6.92 Å². The molecule has 0 unspecified atom stereocenters. The van der Waals surface area contributed by atoms with E-state index in [4.69, 9.17) is 9.47 Å². The van der Waals surface area contributed by atoms with Crippen molar-refractivity contribution in [2.24, 2.45) is 0 Å². The first-order chi connectivity index (χ1) is 11.4. The molecule has 8 nitrogen and oxygen atoms in total. The van der Waals surface area contributed by atoms with Crippen LogP contribution in [0.4, 0.5) is 5.69 Å². The fourth-order valence-electron chi connectivity index (χ4n) is 2.98. The lowest BCUT2D eigenvalue weighted by Crippen LogP contribution is -2.43.